The van der Waals surface area contributed by atoms with Crippen LogP contribution < -0.4 is 11.1 Å². The molecular formula is C12H24N2OS. The van der Waals surface area contributed by atoms with Gasteiger partial charge in [0.2, 0.25) is 5.91 Å². The highest BCUT2D eigenvalue weighted by molar-refractivity contribution is 8.00. The van der Waals surface area contributed by atoms with Gasteiger partial charge in [0.15, 0.2) is 0 Å². The van der Waals surface area contributed by atoms with Gasteiger partial charge in [0.25, 0.3) is 0 Å². The summed E-state index contributed by atoms with van der Waals surface area (Å²) in [5.41, 5.74) is 5.78. The van der Waals surface area contributed by atoms with Gasteiger partial charge in [-0.05, 0) is 25.5 Å². The lowest BCUT2D eigenvalue weighted by Crippen LogP contribution is -2.46. The molecule has 1 aliphatic carbocycles. The van der Waals surface area contributed by atoms with Crippen LogP contribution in [0.3, 0.4) is 0 Å². The molecule has 1 aliphatic rings. The van der Waals surface area contributed by atoms with E-state index < -0.39 is 0 Å². The lowest BCUT2D eigenvalue weighted by molar-refractivity contribution is -0.122. The van der Waals surface area contributed by atoms with Crippen LogP contribution in [0.5, 0.6) is 0 Å². The highest BCUT2D eigenvalue weighted by Crippen LogP contribution is 2.39. The molecule has 0 radical (unpaired) electrons. The summed E-state index contributed by atoms with van der Waals surface area (Å²) in [5, 5.41) is 3.02. The molecule has 0 unspecified atom stereocenters. The van der Waals surface area contributed by atoms with Crippen molar-refractivity contribution in [2.75, 3.05) is 12.8 Å². The van der Waals surface area contributed by atoms with Crippen molar-refractivity contribution in [2.45, 2.75) is 56.2 Å². The van der Waals surface area contributed by atoms with E-state index in [1.165, 1.54) is 25.7 Å². The Morgan fingerprint density at radius 1 is 1.50 bits per heavy atom. The van der Waals surface area contributed by atoms with Gasteiger partial charge in [0.1, 0.15) is 0 Å². The van der Waals surface area contributed by atoms with E-state index >= 15 is 0 Å². The monoisotopic (exact) mass is 244 g/mol. The van der Waals surface area contributed by atoms with E-state index in [-0.39, 0.29) is 16.7 Å². The lowest BCUT2D eigenvalue weighted by Gasteiger charge is -2.27. The quantitative estimate of drug-likeness (QED) is 0.750. The number of rotatable bonds is 6. The van der Waals surface area contributed by atoms with Gasteiger partial charge >= 0.3 is 0 Å². The average Bonchev–Trinajstić information content (AvgIpc) is 2.75. The average molecular weight is 244 g/mol. The number of nitrogens with two attached hydrogens (primary N) is 1. The van der Waals surface area contributed by atoms with Gasteiger partial charge in [-0.25, -0.2) is 0 Å². The van der Waals surface area contributed by atoms with Crippen LogP contribution in [0.4, 0.5) is 0 Å². The second-order valence-electron chi connectivity index (χ2n) is 4.71. The van der Waals surface area contributed by atoms with Crippen molar-refractivity contribution in [2.24, 2.45) is 5.73 Å². The van der Waals surface area contributed by atoms with Crippen LogP contribution in [0.25, 0.3) is 0 Å². The summed E-state index contributed by atoms with van der Waals surface area (Å²) in [5.74, 6) is 0.0159. The van der Waals surface area contributed by atoms with Crippen molar-refractivity contribution >= 4 is 17.7 Å². The van der Waals surface area contributed by atoms with E-state index in [1.54, 1.807) is 0 Å². The maximum atomic E-state index is 11.7. The normalized spacial score (nSPS) is 20.7. The largest absolute Gasteiger partial charge is 0.353 e. The Hall–Kier alpha value is -0.220. The second kappa shape index (κ2) is 6.50. The maximum absolute atomic E-state index is 11.7. The number of nitrogens with one attached hydrogen (secondary N) is 1. The molecule has 3 nitrogen and oxygen atoms in total. The zero-order chi connectivity index (χ0) is 12.0. The Bertz CT molecular complexity index is 227. The number of amides is 1. The Morgan fingerprint density at radius 2 is 2.12 bits per heavy atom. The molecule has 94 valence electrons. The van der Waals surface area contributed by atoms with Crippen molar-refractivity contribution in [3.8, 4) is 0 Å². The van der Waals surface area contributed by atoms with E-state index in [4.69, 9.17) is 5.73 Å². The summed E-state index contributed by atoms with van der Waals surface area (Å²) in [6, 6.07) is -0.328. The first kappa shape index (κ1) is 13.8. The topological polar surface area (TPSA) is 55.1 Å². The summed E-state index contributed by atoms with van der Waals surface area (Å²) in [6.45, 7) is 2.83. The predicted octanol–water partition coefficient (Wildman–Crippen LogP) is 1.91. The molecule has 1 amide bonds. The number of hydrogen-bond donors (Lipinski definition) is 2. The van der Waals surface area contributed by atoms with Crippen LogP contribution in [0.15, 0.2) is 0 Å². The highest BCUT2D eigenvalue weighted by Gasteiger charge is 2.33. The van der Waals surface area contributed by atoms with E-state index in [1.807, 2.05) is 18.7 Å². The molecule has 1 saturated carbocycles. The van der Waals surface area contributed by atoms with E-state index in [0.29, 0.717) is 0 Å². The number of carbonyl (C=O) groups is 1. The van der Waals surface area contributed by atoms with E-state index in [9.17, 15) is 4.79 Å². The number of thioether (sulfide) groups is 1. The minimum Gasteiger partial charge on any atom is -0.353 e. The zero-order valence-corrected chi connectivity index (χ0v) is 11.2. The molecule has 0 aromatic rings. The minimum atomic E-state index is -0.328. The SMILES string of the molecule is CCC[C@H](N)C(=O)NCC1(SC)CCCC1. The van der Waals surface area contributed by atoms with Crippen LogP contribution >= 0.6 is 11.8 Å². The minimum absolute atomic E-state index is 0.0159. The summed E-state index contributed by atoms with van der Waals surface area (Å²) in [4.78, 5) is 11.7. The molecule has 0 aromatic heterocycles. The second-order valence-corrected chi connectivity index (χ2v) is 5.98. The summed E-state index contributed by atoms with van der Waals surface area (Å²) in [7, 11) is 0. The van der Waals surface area contributed by atoms with Gasteiger partial charge in [-0.15, -0.1) is 0 Å². The Kier molecular flexibility index (Phi) is 5.62. The van der Waals surface area contributed by atoms with Gasteiger partial charge in [0.05, 0.1) is 6.04 Å². The van der Waals surface area contributed by atoms with Gasteiger partial charge in [-0.1, -0.05) is 26.2 Å². The van der Waals surface area contributed by atoms with Gasteiger partial charge in [-0.2, -0.15) is 11.8 Å². The molecule has 0 saturated heterocycles. The molecular weight excluding hydrogens is 220 g/mol. The molecule has 1 atom stereocenters. The Morgan fingerprint density at radius 3 is 2.62 bits per heavy atom. The van der Waals surface area contributed by atoms with E-state index in [0.717, 1.165) is 19.4 Å². The van der Waals surface area contributed by atoms with Gasteiger partial charge in [0, 0.05) is 11.3 Å². The first-order valence-corrected chi connectivity index (χ1v) is 7.44. The number of carbonyl (C=O) groups excluding carboxylic acids is 1. The van der Waals surface area contributed by atoms with Crippen LogP contribution in [0.1, 0.15) is 45.4 Å². The lowest BCUT2D eigenvalue weighted by atomic mass is 10.1. The smallest absolute Gasteiger partial charge is 0.236 e. The van der Waals surface area contributed by atoms with Crippen molar-refractivity contribution in [3.05, 3.63) is 0 Å². The fourth-order valence-electron chi connectivity index (χ4n) is 2.29. The molecule has 16 heavy (non-hydrogen) atoms. The molecule has 0 bridgehead atoms. The van der Waals surface area contributed by atoms with Crippen molar-refractivity contribution in [3.63, 3.8) is 0 Å². The third kappa shape index (κ3) is 3.67. The molecule has 4 heteroatoms. The number of hydrogen-bond acceptors (Lipinski definition) is 3. The summed E-state index contributed by atoms with van der Waals surface area (Å²) >= 11 is 1.89. The highest BCUT2D eigenvalue weighted by atomic mass is 32.2. The van der Waals surface area contributed by atoms with Gasteiger partial charge in [-0.3, -0.25) is 4.79 Å². The third-order valence-corrected chi connectivity index (χ3v) is 4.89. The molecule has 0 aromatic carbocycles. The van der Waals surface area contributed by atoms with E-state index in [2.05, 4.69) is 11.6 Å². The fraction of sp³-hybridized carbons (Fsp3) is 0.917. The molecule has 0 spiro atoms. The molecule has 0 heterocycles. The summed E-state index contributed by atoms with van der Waals surface area (Å²) in [6.07, 6.45) is 8.90. The standard InChI is InChI=1S/C12H24N2OS/c1-3-6-10(13)11(15)14-9-12(16-2)7-4-5-8-12/h10H,3-9,13H2,1-2H3,(H,14,15)/t10-/m0/s1. The molecule has 1 rings (SSSR count). The zero-order valence-electron chi connectivity index (χ0n) is 10.4. The molecule has 3 N–H and O–H groups in total. The predicted molar refractivity (Wildman–Crippen MR) is 70.6 cm³/mol. The van der Waals surface area contributed by atoms with Crippen molar-refractivity contribution < 1.29 is 4.79 Å². The van der Waals surface area contributed by atoms with Crippen molar-refractivity contribution in [1.82, 2.24) is 5.32 Å². The Balaban J connectivity index is 2.35. The molecule has 0 aliphatic heterocycles. The molecule has 1 fully saturated rings. The first-order valence-electron chi connectivity index (χ1n) is 6.22. The Labute approximate surface area is 103 Å². The third-order valence-electron chi connectivity index (χ3n) is 3.47. The first-order chi connectivity index (χ1) is 7.63. The summed E-state index contributed by atoms with van der Waals surface area (Å²) < 4.78 is 0.279. The van der Waals surface area contributed by atoms with Crippen LogP contribution in [-0.4, -0.2) is 29.5 Å². The van der Waals surface area contributed by atoms with Crippen LogP contribution in [0, 0.1) is 0 Å². The maximum Gasteiger partial charge on any atom is 0.236 e. The van der Waals surface area contributed by atoms with Crippen LogP contribution in [0.2, 0.25) is 0 Å². The van der Waals surface area contributed by atoms with Crippen molar-refractivity contribution in [1.29, 1.82) is 0 Å². The fourth-order valence-corrected chi connectivity index (χ4v) is 3.21. The van der Waals surface area contributed by atoms with Crippen LogP contribution in [-0.2, 0) is 4.79 Å². The van der Waals surface area contributed by atoms with Gasteiger partial charge < -0.3 is 11.1 Å².